The third kappa shape index (κ3) is 3.42. The number of amides is 1. The first-order valence-electron chi connectivity index (χ1n) is 10.8. The molecule has 33 heavy (non-hydrogen) atoms. The fraction of sp³-hybridized carbons (Fsp3) is 0.476. The van der Waals surface area contributed by atoms with Gasteiger partial charge < -0.3 is 14.8 Å². The van der Waals surface area contributed by atoms with Crippen molar-refractivity contribution in [2.75, 3.05) is 18.0 Å². The maximum absolute atomic E-state index is 13.5. The summed E-state index contributed by atoms with van der Waals surface area (Å²) in [4.78, 5) is 23.5. The highest BCUT2D eigenvalue weighted by molar-refractivity contribution is 9.10. The first kappa shape index (κ1) is 20.7. The van der Waals surface area contributed by atoms with Crippen molar-refractivity contribution in [2.24, 2.45) is 18.9 Å². The van der Waals surface area contributed by atoms with Crippen LogP contribution in [-0.2, 0) is 20.0 Å². The van der Waals surface area contributed by atoms with Crippen molar-refractivity contribution in [2.45, 2.75) is 31.4 Å². The van der Waals surface area contributed by atoms with E-state index in [1.54, 1.807) is 17.2 Å². The highest BCUT2D eigenvalue weighted by atomic mass is 79.9. The first-order chi connectivity index (χ1) is 15.8. The number of hydrogen-bond donors (Lipinski definition) is 1. The Morgan fingerprint density at radius 2 is 2.09 bits per heavy atom. The van der Waals surface area contributed by atoms with E-state index in [0.29, 0.717) is 30.1 Å². The van der Waals surface area contributed by atoms with E-state index in [1.165, 1.54) is 0 Å². The smallest absolute Gasteiger partial charge is 0.274 e. The van der Waals surface area contributed by atoms with Crippen molar-refractivity contribution in [3.05, 3.63) is 51.9 Å². The molecule has 0 spiro atoms. The van der Waals surface area contributed by atoms with Gasteiger partial charge in [0.25, 0.3) is 11.8 Å². The third-order valence-corrected chi connectivity index (χ3v) is 7.62. The van der Waals surface area contributed by atoms with Crippen LogP contribution in [0.1, 0.15) is 39.9 Å². The average molecular weight is 519 g/mol. The number of piperidine rings is 1. The molecule has 172 valence electrons. The minimum absolute atomic E-state index is 0.124. The van der Waals surface area contributed by atoms with Gasteiger partial charge in [-0.1, -0.05) is 11.3 Å². The van der Waals surface area contributed by atoms with Crippen molar-refractivity contribution < 1.29 is 13.6 Å². The highest BCUT2D eigenvalue weighted by Gasteiger charge is 2.71. The van der Waals surface area contributed by atoms with Gasteiger partial charge in [0.2, 0.25) is 0 Å². The second kappa shape index (κ2) is 7.31. The van der Waals surface area contributed by atoms with Crippen molar-refractivity contribution in [3.63, 3.8) is 0 Å². The number of imidazole rings is 1. The zero-order valence-corrected chi connectivity index (χ0v) is 19.3. The van der Waals surface area contributed by atoms with Gasteiger partial charge in [-0.15, -0.1) is 5.10 Å². The van der Waals surface area contributed by atoms with E-state index in [1.807, 2.05) is 28.6 Å². The molecule has 4 heterocycles. The number of anilines is 1. The molecule has 3 aromatic rings. The Hall–Kier alpha value is -2.89. The molecule has 1 N–H and O–H groups in total. The predicted molar refractivity (Wildman–Crippen MR) is 117 cm³/mol. The average Bonchev–Trinajstić information content (AvgIpc) is 3.41. The molecule has 1 saturated carbocycles. The molecule has 2 unspecified atom stereocenters. The van der Waals surface area contributed by atoms with E-state index >= 15 is 0 Å². The van der Waals surface area contributed by atoms with Crippen LogP contribution >= 0.6 is 15.9 Å². The number of aryl methyl sites for hydroxylation is 1. The summed E-state index contributed by atoms with van der Waals surface area (Å²) >= 11 is 3.48. The van der Waals surface area contributed by atoms with Crippen molar-refractivity contribution in [3.8, 4) is 0 Å². The molecule has 9 nitrogen and oxygen atoms in total. The maximum Gasteiger partial charge on any atom is 0.274 e. The molecule has 3 aliphatic rings. The number of alkyl halides is 2. The molecule has 2 aliphatic carbocycles. The predicted octanol–water partition coefficient (Wildman–Crippen LogP) is 2.34. The van der Waals surface area contributed by atoms with Crippen LogP contribution in [0.2, 0.25) is 0 Å². The van der Waals surface area contributed by atoms with Crippen molar-refractivity contribution in [1.29, 1.82) is 0 Å². The van der Waals surface area contributed by atoms with Crippen molar-refractivity contribution >= 4 is 27.7 Å². The van der Waals surface area contributed by atoms with Crippen LogP contribution in [0.4, 0.5) is 14.6 Å². The molecule has 2 fully saturated rings. The van der Waals surface area contributed by atoms with Gasteiger partial charge in [-0.25, -0.2) is 23.4 Å². The molecule has 6 rings (SSSR count). The van der Waals surface area contributed by atoms with Crippen LogP contribution < -0.4 is 10.2 Å². The van der Waals surface area contributed by atoms with Gasteiger partial charge in [0.1, 0.15) is 10.4 Å². The van der Waals surface area contributed by atoms with Crippen LogP contribution in [0.25, 0.3) is 0 Å². The lowest BCUT2D eigenvalue weighted by Crippen LogP contribution is -2.28. The Kier molecular flexibility index (Phi) is 4.58. The zero-order valence-electron chi connectivity index (χ0n) is 17.7. The zero-order chi connectivity index (χ0) is 22.9. The van der Waals surface area contributed by atoms with Crippen LogP contribution in [0.5, 0.6) is 0 Å². The molecule has 1 amide bonds. The van der Waals surface area contributed by atoms with Gasteiger partial charge in [-0.05, 0) is 34.8 Å². The lowest BCUT2D eigenvalue weighted by atomic mass is 10.2. The monoisotopic (exact) mass is 518 g/mol. The van der Waals surface area contributed by atoms with Gasteiger partial charge >= 0.3 is 0 Å². The number of carbonyl (C=O) groups excluding carboxylic acids is 1. The molecule has 12 heteroatoms. The van der Waals surface area contributed by atoms with Gasteiger partial charge in [-0.2, -0.15) is 0 Å². The Morgan fingerprint density at radius 1 is 1.30 bits per heavy atom. The molecule has 1 saturated heterocycles. The summed E-state index contributed by atoms with van der Waals surface area (Å²) in [5.41, 5.74) is 3.13. The molecule has 0 bridgehead atoms. The van der Waals surface area contributed by atoms with E-state index in [-0.39, 0.29) is 17.6 Å². The SMILES string of the molecule is Cn1cnc2c1CC[C@H]2NC(=O)c1cn(Cc2ccc(N3CC4C(C3)C4(F)F)nc2Br)nn1. The fourth-order valence-corrected chi connectivity index (χ4v) is 5.40. The summed E-state index contributed by atoms with van der Waals surface area (Å²) in [5.74, 6) is -3.22. The largest absolute Gasteiger partial charge is 0.356 e. The number of rotatable bonds is 5. The second-order valence-corrected chi connectivity index (χ2v) is 9.72. The minimum Gasteiger partial charge on any atom is -0.356 e. The Bertz CT molecular complexity index is 1240. The lowest BCUT2D eigenvalue weighted by Gasteiger charge is -2.21. The van der Waals surface area contributed by atoms with E-state index in [9.17, 15) is 13.6 Å². The summed E-state index contributed by atoms with van der Waals surface area (Å²) in [5, 5.41) is 11.1. The van der Waals surface area contributed by atoms with Gasteiger partial charge in [-0.3, -0.25) is 4.79 Å². The normalized spacial score (nSPS) is 24.6. The quantitative estimate of drug-likeness (QED) is 0.521. The minimum atomic E-state index is -2.51. The third-order valence-electron chi connectivity index (χ3n) is 6.94. The van der Waals surface area contributed by atoms with Gasteiger partial charge in [0.15, 0.2) is 5.69 Å². The summed E-state index contributed by atoms with van der Waals surface area (Å²) in [6.45, 7) is 1.03. The number of hydrogen-bond acceptors (Lipinski definition) is 6. The van der Waals surface area contributed by atoms with Gasteiger partial charge in [0, 0.05) is 31.4 Å². The molecular formula is C21H21BrF2N8O. The maximum atomic E-state index is 13.5. The number of nitrogens with one attached hydrogen (secondary N) is 1. The van der Waals surface area contributed by atoms with E-state index in [2.05, 4.69) is 41.5 Å². The standard InChI is InChI=1S/C21H21BrF2N8O/c1-30-10-25-18-14(3-4-16(18)30)26-20(33)15-9-32(29-28-15)6-11-2-5-17(27-19(11)22)31-7-12-13(8-31)21(12,23)24/h2,5,9-10,12-14H,3-4,6-8H2,1H3,(H,26,33)/t12?,13?,14-/m1/s1. The lowest BCUT2D eigenvalue weighted by molar-refractivity contribution is 0.0796. The number of nitrogens with zero attached hydrogens (tertiary/aromatic N) is 7. The Balaban J connectivity index is 1.10. The molecule has 0 radical (unpaired) electrons. The van der Waals surface area contributed by atoms with Crippen LogP contribution in [-0.4, -0.2) is 54.4 Å². The summed E-state index contributed by atoms with van der Waals surface area (Å²) in [6, 6.07) is 3.59. The van der Waals surface area contributed by atoms with Gasteiger partial charge in [0.05, 0.1) is 42.6 Å². The van der Waals surface area contributed by atoms with Crippen LogP contribution in [0.15, 0.2) is 29.3 Å². The number of halogens is 3. The highest BCUT2D eigenvalue weighted by Crippen LogP contribution is 2.59. The van der Waals surface area contributed by atoms with E-state index in [4.69, 9.17) is 0 Å². The summed E-state index contributed by atoms with van der Waals surface area (Å²) in [7, 11) is 1.95. The van der Waals surface area contributed by atoms with Crippen LogP contribution in [0.3, 0.4) is 0 Å². The van der Waals surface area contributed by atoms with E-state index < -0.39 is 17.8 Å². The number of carbonyl (C=O) groups is 1. The second-order valence-electron chi connectivity index (χ2n) is 8.97. The summed E-state index contributed by atoms with van der Waals surface area (Å²) < 4.78 is 31.1. The molecule has 1 aliphatic heterocycles. The Morgan fingerprint density at radius 3 is 2.85 bits per heavy atom. The Labute approximate surface area is 196 Å². The topological polar surface area (TPSA) is 93.8 Å². The summed E-state index contributed by atoms with van der Waals surface area (Å²) in [6.07, 6.45) is 5.05. The molecule has 3 aromatic heterocycles. The first-order valence-corrected chi connectivity index (χ1v) is 11.6. The van der Waals surface area contributed by atoms with Crippen LogP contribution in [0, 0.1) is 11.8 Å². The molecule has 0 aromatic carbocycles. The number of aromatic nitrogens is 6. The number of pyridine rings is 1. The molecule has 3 atom stereocenters. The van der Waals surface area contributed by atoms with E-state index in [0.717, 1.165) is 29.8 Å². The fourth-order valence-electron chi connectivity index (χ4n) is 4.96. The number of fused-ring (bicyclic) bond motifs is 2. The molecular weight excluding hydrogens is 498 g/mol. The van der Waals surface area contributed by atoms with Crippen molar-refractivity contribution in [1.82, 2.24) is 34.8 Å².